The van der Waals surface area contributed by atoms with E-state index in [0.29, 0.717) is 13.2 Å². The summed E-state index contributed by atoms with van der Waals surface area (Å²) in [6, 6.07) is 5.76. The Labute approximate surface area is 112 Å². The Bertz CT molecular complexity index is 447. The predicted molar refractivity (Wildman–Crippen MR) is 71.1 cm³/mol. The first-order valence-electron chi connectivity index (χ1n) is 6.37. The number of carbonyl (C=O) groups is 1. The molecular formula is C14H19NO4. The van der Waals surface area contributed by atoms with Gasteiger partial charge in [0.1, 0.15) is 11.5 Å². The summed E-state index contributed by atoms with van der Waals surface area (Å²) in [6.45, 7) is 1.18. The lowest BCUT2D eigenvalue weighted by Gasteiger charge is -2.28. The summed E-state index contributed by atoms with van der Waals surface area (Å²) >= 11 is 0. The molecule has 1 N–H and O–H groups in total. The quantitative estimate of drug-likeness (QED) is 0.909. The standard InChI is InChI=1S/C14H19NO4/c1-15(14(16)17)8-6-10-7-9-19-12-5-3-4-11(18-2)13(10)12/h3-5,10H,6-9H2,1-2H3,(H,16,17)/t10-/m1/s1. The maximum Gasteiger partial charge on any atom is 0.407 e. The second kappa shape index (κ2) is 5.82. The van der Waals surface area contributed by atoms with Crippen molar-refractivity contribution >= 4 is 6.09 Å². The Morgan fingerprint density at radius 2 is 2.37 bits per heavy atom. The van der Waals surface area contributed by atoms with Gasteiger partial charge in [0.05, 0.1) is 13.7 Å². The average molecular weight is 265 g/mol. The van der Waals surface area contributed by atoms with Gasteiger partial charge in [0.15, 0.2) is 0 Å². The van der Waals surface area contributed by atoms with Crippen molar-refractivity contribution < 1.29 is 19.4 Å². The molecule has 0 spiro atoms. The summed E-state index contributed by atoms with van der Waals surface area (Å²) in [5.41, 5.74) is 1.06. The first-order chi connectivity index (χ1) is 9.13. The summed E-state index contributed by atoms with van der Waals surface area (Å²) in [4.78, 5) is 12.1. The highest BCUT2D eigenvalue weighted by molar-refractivity contribution is 5.64. The second-order valence-electron chi connectivity index (χ2n) is 4.70. The molecular weight excluding hydrogens is 246 g/mol. The van der Waals surface area contributed by atoms with Gasteiger partial charge in [-0.3, -0.25) is 0 Å². The van der Waals surface area contributed by atoms with E-state index in [2.05, 4.69) is 0 Å². The second-order valence-corrected chi connectivity index (χ2v) is 4.70. The molecule has 0 saturated carbocycles. The maximum absolute atomic E-state index is 10.8. The van der Waals surface area contributed by atoms with Crippen molar-refractivity contribution in [3.05, 3.63) is 23.8 Å². The highest BCUT2D eigenvalue weighted by Crippen LogP contribution is 2.41. The van der Waals surface area contributed by atoms with Crippen molar-refractivity contribution in [1.82, 2.24) is 4.90 Å². The molecule has 0 fully saturated rings. The molecule has 5 nitrogen and oxygen atoms in total. The average Bonchev–Trinajstić information content (AvgIpc) is 2.43. The third kappa shape index (κ3) is 2.92. The molecule has 0 bridgehead atoms. The molecule has 0 aliphatic carbocycles. The Hall–Kier alpha value is -1.91. The van der Waals surface area contributed by atoms with Crippen LogP contribution in [0.25, 0.3) is 0 Å². The van der Waals surface area contributed by atoms with Gasteiger partial charge in [-0.25, -0.2) is 4.79 Å². The molecule has 2 rings (SSSR count). The third-order valence-electron chi connectivity index (χ3n) is 3.52. The van der Waals surface area contributed by atoms with Gasteiger partial charge >= 0.3 is 6.09 Å². The summed E-state index contributed by atoms with van der Waals surface area (Å²) in [6.07, 6.45) is 0.771. The zero-order valence-corrected chi connectivity index (χ0v) is 11.3. The van der Waals surface area contributed by atoms with Gasteiger partial charge in [-0.05, 0) is 30.9 Å². The van der Waals surface area contributed by atoms with Crippen molar-refractivity contribution in [2.45, 2.75) is 18.8 Å². The maximum atomic E-state index is 10.8. The van der Waals surface area contributed by atoms with Crippen LogP contribution in [0.2, 0.25) is 0 Å². The molecule has 1 amide bonds. The lowest BCUT2D eigenvalue weighted by Crippen LogP contribution is -2.28. The van der Waals surface area contributed by atoms with Crippen molar-refractivity contribution in [2.75, 3.05) is 27.3 Å². The van der Waals surface area contributed by atoms with Crippen LogP contribution < -0.4 is 9.47 Å². The molecule has 1 aliphatic rings. The molecule has 0 saturated heterocycles. The number of ether oxygens (including phenoxy) is 2. The minimum atomic E-state index is -0.896. The van der Waals surface area contributed by atoms with E-state index in [1.165, 1.54) is 4.90 Å². The van der Waals surface area contributed by atoms with Gasteiger partial charge in [-0.15, -0.1) is 0 Å². The fraction of sp³-hybridized carbons (Fsp3) is 0.500. The van der Waals surface area contributed by atoms with Crippen LogP contribution >= 0.6 is 0 Å². The van der Waals surface area contributed by atoms with E-state index in [9.17, 15) is 4.79 Å². The van der Waals surface area contributed by atoms with Gasteiger partial charge in [0.2, 0.25) is 0 Å². The predicted octanol–water partition coefficient (Wildman–Crippen LogP) is 2.56. The topological polar surface area (TPSA) is 59.0 Å². The highest BCUT2D eigenvalue weighted by Gasteiger charge is 2.25. The number of rotatable bonds is 4. The molecule has 0 aromatic heterocycles. The smallest absolute Gasteiger partial charge is 0.407 e. The van der Waals surface area contributed by atoms with Crippen LogP contribution in [-0.4, -0.2) is 43.4 Å². The largest absolute Gasteiger partial charge is 0.496 e. The monoisotopic (exact) mass is 265 g/mol. The molecule has 0 unspecified atom stereocenters. The summed E-state index contributed by atoms with van der Waals surface area (Å²) in [5.74, 6) is 1.95. The molecule has 104 valence electrons. The van der Waals surface area contributed by atoms with Crippen LogP contribution in [0.1, 0.15) is 24.3 Å². The molecule has 1 aliphatic heterocycles. The minimum Gasteiger partial charge on any atom is -0.496 e. The summed E-state index contributed by atoms with van der Waals surface area (Å²) in [7, 11) is 3.23. The van der Waals surface area contributed by atoms with Gasteiger partial charge in [0, 0.05) is 19.2 Å². The van der Waals surface area contributed by atoms with Crippen LogP contribution in [0.15, 0.2) is 18.2 Å². The van der Waals surface area contributed by atoms with Gasteiger partial charge in [0.25, 0.3) is 0 Å². The molecule has 1 atom stereocenters. The minimum absolute atomic E-state index is 0.279. The Morgan fingerprint density at radius 3 is 3.05 bits per heavy atom. The normalized spacial score (nSPS) is 17.3. The van der Waals surface area contributed by atoms with Crippen LogP contribution in [0, 0.1) is 0 Å². The van der Waals surface area contributed by atoms with Gasteiger partial charge in [-0.2, -0.15) is 0 Å². The van der Waals surface area contributed by atoms with Gasteiger partial charge < -0.3 is 19.5 Å². The number of nitrogens with zero attached hydrogens (tertiary/aromatic N) is 1. The fourth-order valence-electron chi connectivity index (χ4n) is 2.42. The number of benzene rings is 1. The highest BCUT2D eigenvalue weighted by atomic mass is 16.5. The van der Waals surface area contributed by atoms with Crippen molar-refractivity contribution in [1.29, 1.82) is 0 Å². The van der Waals surface area contributed by atoms with Crippen LogP contribution in [0.3, 0.4) is 0 Å². The first kappa shape index (κ1) is 13.5. The lowest BCUT2D eigenvalue weighted by atomic mass is 9.89. The Balaban J connectivity index is 2.15. The van der Waals surface area contributed by atoms with E-state index in [0.717, 1.165) is 29.9 Å². The zero-order valence-electron chi connectivity index (χ0n) is 11.3. The number of carboxylic acid groups (broad SMARTS) is 1. The molecule has 1 heterocycles. The van der Waals surface area contributed by atoms with E-state index in [4.69, 9.17) is 14.6 Å². The van der Waals surface area contributed by atoms with E-state index >= 15 is 0 Å². The van der Waals surface area contributed by atoms with Crippen molar-refractivity contribution in [3.8, 4) is 11.5 Å². The SMILES string of the molecule is COc1cccc2c1[C@H](CCN(C)C(=O)O)CCO2. The van der Waals surface area contributed by atoms with Crippen LogP contribution in [-0.2, 0) is 0 Å². The number of hydrogen-bond donors (Lipinski definition) is 1. The Morgan fingerprint density at radius 1 is 1.58 bits per heavy atom. The molecule has 1 aromatic rings. The molecule has 0 radical (unpaired) electrons. The first-order valence-corrected chi connectivity index (χ1v) is 6.37. The zero-order chi connectivity index (χ0) is 13.8. The molecule has 19 heavy (non-hydrogen) atoms. The number of hydrogen-bond acceptors (Lipinski definition) is 3. The van der Waals surface area contributed by atoms with E-state index in [1.807, 2.05) is 18.2 Å². The van der Waals surface area contributed by atoms with Crippen LogP contribution in [0.5, 0.6) is 11.5 Å². The van der Waals surface area contributed by atoms with Crippen molar-refractivity contribution in [2.24, 2.45) is 0 Å². The van der Waals surface area contributed by atoms with E-state index in [1.54, 1.807) is 14.2 Å². The molecule has 5 heteroatoms. The van der Waals surface area contributed by atoms with Gasteiger partial charge in [-0.1, -0.05) is 6.07 Å². The van der Waals surface area contributed by atoms with Crippen LogP contribution in [0.4, 0.5) is 4.79 Å². The fourth-order valence-corrected chi connectivity index (χ4v) is 2.42. The third-order valence-corrected chi connectivity index (χ3v) is 3.52. The Kier molecular flexibility index (Phi) is 4.14. The lowest BCUT2D eigenvalue weighted by molar-refractivity contribution is 0.153. The summed E-state index contributed by atoms with van der Waals surface area (Å²) in [5, 5.41) is 8.88. The van der Waals surface area contributed by atoms with Crippen molar-refractivity contribution in [3.63, 3.8) is 0 Å². The van der Waals surface area contributed by atoms with E-state index in [-0.39, 0.29) is 5.92 Å². The number of methoxy groups -OCH3 is 1. The number of amides is 1. The number of fused-ring (bicyclic) bond motifs is 1. The van der Waals surface area contributed by atoms with E-state index < -0.39 is 6.09 Å². The molecule has 1 aromatic carbocycles. The summed E-state index contributed by atoms with van der Waals surface area (Å²) < 4.78 is 11.0.